The molecule has 3 rings (SSSR count). The zero-order valence-corrected chi connectivity index (χ0v) is 16.9. The summed E-state index contributed by atoms with van der Waals surface area (Å²) in [5, 5.41) is 2.61. The highest BCUT2D eigenvalue weighted by molar-refractivity contribution is 7.89. The van der Waals surface area contributed by atoms with E-state index in [1.165, 1.54) is 24.3 Å². The van der Waals surface area contributed by atoms with Gasteiger partial charge in [-0.25, -0.2) is 18.1 Å². The predicted molar refractivity (Wildman–Crippen MR) is 108 cm³/mol. The topological polar surface area (TPSA) is 127 Å². The molecule has 9 nitrogen and oxygen atoms in total. The fraction of sp³-hybridized carbons (Fsp3) is 0.211. The fourth-order valence-corrected chi connectivity index (χ4v) is 3.74. The molecule has 2 aromatic heterocycles. The van der Waals surface area contributed by atoms with Gasteiger partial charge in [0, 0.05) is 17.8 Å². The van der Waals surface area contributed by atoms with Crippen LogP contribution >= 0.6 is 0 Å². The maximum atomic E-state index is 12.5. The van der Waals surface area contributed by atoms with Crippen LogP contribution in [0.1, 0.15) is 30.0 Å². The minimum Gasteiger partial charge on any atom is -0.290 e. The third-order valence-corrected chi connectivity index (χ3v) is 5.36. The number of nitrogens with one attached hydrogen (secondary N) is 2. The number of hydrogen-bond acceptors (Lipinski definition) is 7. The van der Waals surface area contributed by atoms with E-state index < -0.39 is 15.9 Å². The molecule has 0 bridgehead atoms. The van der Waals surface area contributed by atoms with E-state index in [2.05, 4.69) is 30.0 Å². The number of anilines is 1. The SMILES string of the molecule is Cc1nc(NC(=O)c2ccc(S(=O)(=O)NC(C)C)cc2)nc(-c2ccccn2)n1. The van der Waals surface area contributed by atoms with Crippen LogP contribution in [0.4, 0.5) is 5.95 Å². The highest BCUT2D eigenvalue weighted by Gasteiger charge is 2.17. The fourth-order valence-electron chi connectivity index (χ4n) is 2.48. The van der Waals surface area contributed by atoms with Gasteiger partial charge >= 0.3 is 0 Å². The molecule has 150 valence electrons. The molecule has 0 aliphatic carbocycles. The number of aromatic nitrogens is 4. The number of carbonyl (C=O) groups is 1. The van der Waals surface area contributed by atoms with E-state index in [1.807, 2.05) is 6.07 Å². The quantitative estimate of drug-likeness (QED) is 0.635. The van der Waals surface area contributed by atoms with Crippen LogP contribution < -0.4 is 10.0 Å². The summed E-state index contributed by atoms with van der Waals surface area (Å²) in [6.45, 7) is 5.15. The van der Waals surface area contributed by atoms with Gasteiger partial charge in [-0.05, 0) is 57.2 Å². The lowest BCUT2D eigenvalue weighted by Crippen LogP contribution is -2.30. The Hall–Kier alpha value is -3.24. The Morgan fingerprint density at radius 3 is 2.34 bits per heavy atom. The van der Waals surface area contributed by atoms with Gasteiger partial charge in [-0.1, -0.05) is 6.07 Å². The lowest BCUT2D eigenvalue weighted by molar-refractivity contribution is 0.102. The molecule has 0 aliphatic heterocycles. The van der Waals surface area contributed by atoms with E-state index in [1.54, 1.807) is 39.1 Å². The minimum absolute atomic E-state index is 0.0798. The van der Waals surface area contributed by atoms with E-state index in [0.29, 0.717) is 17.3 Å². The smallest absolute Gasteiger partial charge is 0.258 e. The number of nitrogens with zero attached hydrogens (tertiary/aromatic N) is 4. The Balaban J connectivity index is 1.80. The van der Waals surface area contributed by atoms with Crippen molar-refractivity contribution >= 4 is 21.9 Å². The number of carbonyl (C=O) groups excluding carboxylic acids is 1. The Bertz CT molecular complexity index is 1120. The summed E-state index contributed by atoms with van der Waals surface area (Å²) in [4.78, 5) is 29.4. The first-order valence-corrected chi connectivity index (χ1v) is 10.3. The first-order valence-electron chi connectivity index (χ1n) is 8.82. The molecule has 3 aromatic rings. The minimum atomic E-state index is -3.62. The average Bonchev–Trinajstić information content (AvgIpc) is 2.67. The lowest BCUT2D eigenvalue weighted by Gasteiger charge is -2.10. The largest absolute Gasteiger partial charge is 0.290 e. The van der Waals surface area contributed by atoms with Gasteiger partial charge in [0.25, 0.3) is 5.91 Å². The maximum Gasteiger partial charge on any atom is 0.258 e. The maximum absolute atomic E-state index is 12.5. The Morgan fingerprint density at radius 1 is 1.00 bits per heavy atom. The Labute approximate surface area is 168 Å². The van der Waals surface area contributed by atoms with Crippen LogP contribution in [0, 0.1) is 6.92 Å². The van der Waals surface area contributed by atoms with Crippen molar-refractivity contribution in [1.82, 2.24) is 24.7 Å². The van der Waals surface area contributed by atoms with Crippen molar-refractivity contribution in [3.8, 4) is 11.5 Å². The van der Waals surface area contributed by atoms with E-state index in [-0.39, 0.29) is 22.4 Å². The summed E-state index contributed by atoms with van der Waals surface area (Å²) < 4.78 is 26.9. The first-order chi connectivity index (χ1) is 13.7. The molecule has 2 heterocycles. The number of sulfonamides is 1. The summed E-state index contributed by atoms with van der Waals surface area (Å²) in [5.41, 5.74) is 0.826. The van der Waals surface area contributed by atoms with Crippen LogP contribution in [0.5, 0.6) is 0 Å². The molecule has 1 amide bonds. The van der Waals surface area contributed by atoms with Gasteiger partial charge in [-0.2, -0.15) is 9.97 Å². The van der Waals surface area contributed by atoms with Gasteiger partial charge in [-0.3, -0.25) is 15.1 Å². The number of pyridine rings is 1. The second kappa shape index (κ2) is 8.41. The van der Waals surface area contributed by atoms with Crippen molar-refractivity contribution in [1.29, 1.82) is 0 Å². The predicted octanol–water partition coefficient (Wildman–Crippen LogP) is 2.18. The van der Waals surface area contributed by atoms with Gasteiger partial charge in [0.1, 0.15) is 11.5 Å². The summed E-state index contributed by atoms with van der Waals surface area (Å²) >= 11 is 0. The average molecular weight is 412 g/mol. The zero-order valence-electron chi connectivity index (χ0n) is 16.1. The molecule has 1 aromatic carbocycles. The van der Waals surface area contributed by atoms with Crippen molar-refractivity contribution < 1.29 is 13.2 Å². The van der Waals surface area contributed by atoms with Crippen LogP contribution in [0.25, 0.3) is 11.5 Å². The Kier molecular flexibility index (Phi) is 5.95. The molecule has 0 spiro atoms. The molecule has 0 atom stereocenters. The lowest BCUT2D eigenvalue weighted by atomic mass is 10.2. The molecule has 0 unspecified atom stereocenters. The monoisotopic (exact) mass is 412 g/mol. The first kappa shape index (κ1) is 20.5. The van der Waals surface area contributed by atoms with E-state index in [9.17, 15) is 13.2 Å². The molecular weight excluding hydrogens is 392 g/mol. The van der Waals surface area contributed by atoms with Gasteiger partial charge in [0.15, 0.2) is 5.82 Å². The van der Waals surface area contributed by atoms with E-state index in [0.717, 1.165) is 0 Å². The van der Waals surface area contributed by atoms with Gasteiger partial charge < -0.3 is 0 Å². The summed E-state index contributed by atoms with van der Waals surface area (Å²) in [6.07, 6.45) is 1.62. The van der Waals surface area contributed by atoms with Gasteiger partial charge in [0.2, 0.25) is 16.0 Å². The molecule has 0 fully saturated rings. The van der Waals surface area contributed by atoms with Gasteiger partial charge in [-0.15, -0.1) is 0 Å². The molecule has 29 heavy (non-hydrogen) atoms. The summed E-state index contributed by atoms with van der Waals surface area (Å²) in [5.74, 6) is 0.386. The molecule has 0 saturated heterocycles. The third kappa shape index (κ3) is 5.18. The van der Waals surface area contributed by atoms with Crippen molar-refractivity contribution in [2.45, 2.75) is 31.7 Å². The van der Waals surface area contributed by atoms with Crippen molar-refractivity contribution in [3.63, 3.8) is 0 Å². The van der Waals surface area contributed by atoms with Crippen molar-refractivity contribution in [2.24, 2.45) is 0 Å². The highest BCUT2D eigenvalue weighted by Crippen LogP contribution is 2.15. The van der Waals surface area contributed by atoms with Crippen LogP contribution in [0.15, 0.2) is 53.6 Å². The molecule has 2 N–H and O–H groups in total. The third-order valence-electron chi connectivity index (χ3n) is 3.68. The van der Waals surface area contributed by atoms with Crippen LogP contribution in [0.3, 0.4) is 0 Å². The highest BCUT2D eigenvalue weighted by atomic mass is 32.2. The number of amides is 1. The molecule has 0 saturated carbocycles. The van der Waals surface area contributed by atoms with Crippen LogP contribution in [-0.4, -0.2) is 40.3 Å². The van der Waals surface area contributed by atoms with Crippen LogP contribution in [-0.2, 0) is 10.0 Å². The second-order valence-electron chi connectivity index (χ2n) is 6.50. The summed E-state index contributed by atoms with van der Waals surface area (Å²) in [6, 6.07) is 10.7. The second-order valence-corrected chi connectivity index (χ2v) is 8.21. The molecule has 0 radical (unpaired) electrons. The van der Waals surface area contributed by atoms with E-state index >= 15 is 0 Å². The van der Waals surface area contributed by atoms with E-state index in [4.69, 9.17) is 0 Å². The number of hydrogen-bond donors (Lipinski definition) is 2. The number of aryl methyl sites for hydroxylation is 1. The normalized spacial score (nSPS) is 11.4. The van der Waals surface area contributed by atoms with Gasteiger partial charge in [0.05, 0.1) is 4.90 Å². The number of benzene rings is 1. The standard InChI is InChI=1S/C19H20N6O3S/c1-12(2)25-29(27,28)15-9-7-14(8-10-15)18(26)24-19-22-13(3)21-17(23-19)16-6-4-5-11-20-16/h4-12,25H,1-3H3,(H,21,22,23,24,26). The number of rotatable bonds is 6. The molecular formula is C19H20N6O3S. The van der Waals surface area contributed by atoms with Crippen LogP contribution in [0.2, 0.25) is 0 Å². The zero-order chi connectivity index (χ0) is 21.0. The van der Waals surface area contributed by atoms with Crippen molar-refractivity contribution in [3.05, 3.63) is 60.0 Å². The summed E-state index contributed by atoms with van der Waals surface area (Å²) in [7, 11) is -3.62. The Morgan fingerprint density at radius 2 is 1.72 bits per heavy atom. The molecule has 10 heteroatoms. The van der Waals surface area contributed by atoms with Crippen molar-refractivity contribution in [2.75, 3.05) is 5.32 Å². The molecule has 0 aliphatic rings.